The van der Waals surface area contributed by atoms with Crippen LogP contribution in [0.3, 0.4) is 0 Å². The van der Waals surface area contributed by atoms with Crippen molar-refractivity contribution in [2.75, 3.05) is 7.11 Å². The van der Waals surface area contributed by atoms with Crippen LogP contribution in [0.5, 0.6) is 11.5 Å². The summed E-state index contributed by atoms with van der Waals surface area (Å²) in [6.45, 7) is 4.04. The molecule has 0 N–H and O–H groups in total. The van der Waals surface area contributed by atoms with E-state index < -0.39 is 0 Å². The Morgan fingerprint density at radius 3 is 2.60 bits per heavy atom. The third-order valence-corrected chi connectivity index (χ3v) is 4.29. The molecule has 0 fully saturated rings. The van der Waals surface area contributed by atoms with Crippen LogP contribution in [-0.2, 0) is 5.33 Å². The van der Waals surface area contributed by atoms with Gasteiger partial charge >= 0.3 is 0 Å². The van der Waals surface area contributed by atoms with Gasteiger partial charge in [-0.25, -0.2) is 4.68 Å². The van der Waals surface area contributed by atoms with Gasteiger partial charge in [0.05, 0.1) is 24.6 Å². The fraction of sp³-hybridized carbons (Fsp3) is 0.250. The summed E-state index contributed by atoms with van der Waals surface area (Å²) >= 11 is 3.51. The quantitative estimate of drug-likeness (QED) is 0.531. The maximum Gasteiger partial charge on any atom is 0.145 e. The summed E-state index contributed by atoms with van der Waals surface area (Å²) in [6, 6.07) is 18.0. The number of nitrogens with zero attached hydrogens (tertiary/aromatic N) is 2. The van der Waals surface area contributed by atoms with Crippen molar-refractivity contribution >= 4 is 15.9 Å². The Kier molecular flexibility index (Phi) is 5.43. The van der Waals surface area contributed by atoms with Crippen LogP contribution >= 0.6 is 15.9 Å². The lowest BCUT2D eigenvalue weighted by molar-refractivity contribution is 0.241. The zero-order valence-corrected chi connectivity index (χ0v) is 16.2. The molecule has 1 heterocycles. The second kappa shape index (κ2) is 7.74. The molecule has 0 radical (unpaired) electrons. The molecule has 0 aliphatic rings. The van der Waals surface area contributed by atoms with Gasteiger partial charge in [0.1, 0.15) is 17.2 Å². The fourth-order valence-corrected chi connectivity index (χ4v) is 2.93. The van der Waals surface area contributed by atoms with Crippen LogP contribution in [0, 0.1) is 0 Å². The first-order valence-corrected chi connectivity index (χ1v) is 9.30. The molecule has 0 aliphatic heterocycles. The standard InChI is InChI=1S/C20H21BrN2O2/c1-14(2)25-20-10-5-4-9-18(20)23-19(12-16(13-21)22-23)15-7-6-8-17(11-15)24-3/h4-12,14H,13H2,1-3H3. The van der Waals surface area contributed by atoms with Crippen molar-refractivity contribution in [2.45, 2.75) is 25.3 Å². The average molecular weight is 401 g/mol. The number of hydrogen-bond acceptors (Lipinski definition) is 3. The lowest BCUT2D eigenvalue weighted by Gasteiger charge is -2.16. The van der Waals surface area contributed by atoms with E-state index in [-0.39, 0.29) is 6.10 Å². The molecule has 0 bridgehead atoms. The summed E-state index contributed by atoms with van der Waals surface area (Å²) in [7, 11) is 1.67. The second-order valence-corrected chi connectivity index (χ2v) is 6.49. The molecule has 25 heavy (non-hydrogen) atoms. The van der Waals surface area contributed by atoms with E-state index in [0.29, 0.717) is 5.33 Å². The number of rotatable bonds is 6. The van der Waals surface area contributed by atoms with Crippen LogP contribution < -0.4 is 9.47 Å². The van der Waals surface area contributed by atoms with Gasteiger partial charge in [0, 0.05) is 10.9 Å². The van der Waals surface area contributed by atoms with Crippen molar-refractivity contribution in [1.29, 1.82) is 0 Å². The molecule has 5 heteroatoms. The second-order valence-electron chi connectivity index (χ2n) is 5.93. The lowest BCUT2D eigenvalue weighted by Crippen LogP contribution is -2.09. The Morgan fingerprint density at radius 1 is 1.08 bits per heavy atom. The molecule has 0 saturated carbocycles. The van der Waals surface area contributed by atoms with Crippen molar-refractivity contribution in [3.8, 4) is 28.4 Å². The van der Waals surface area contributed by atoms with Crippen molar-refractivity contribution in [3.05, 3.63) is 60.3 Å². The Morgan fingerprint density at radius 2 is 1.88 bits per heavy atom. The van der Waals surface area contributed by atoms with Crippen molar-refractivity contribution in [1.82, 2.24) is 9.78 Å². The van der Waals surface area contributed by atoms with Crippen molar-refractivity contribution in [3.63, 3.8) is 0 Å². The highest BCUT2D eigenvalue weighted by Crippen LogP contribution is 2.31. The zero-order chi connectivity index (χ0) is 17.8. The first-order valence-electron chi connectivity index (χ1n) is 8.17. The average Bonchev–Trinajstić information content (AvgIpc) is 3.06. The summed E-state index contributed by atoms with van der Waals surface area (Å²) < 4.78 is 13.3. The third kappa shape index (κ3) is 3.87. The molecular weight excluding hydrogens is 380 g/mol. The van der Waals surface area contributed by atoms with Gasteiger partial charge in [-0.05, 0) is 44.2 Å². The van der Waals surface area contributed by atoms with Crippen LogP contribution in [0.15, 0.2) is 54.6 Å². The summed E-state index contributed by atoms with van der Waals surface area (Å²) in [5.74, 6) is 1.63. The molecule has 1 aromatic heterocycles. The summed E-state index contributed by atoms with van der Waals surface area (Å²) in [5, 5.41) is 5.43. The van der Waals surface area contributed by atoms with Gasteiger partial charge in [0.2, 0.25) is 0 Å². The monoisotopic (exact) mass is 400 g/mol. The Bertz CT molecular complexity index is 858. The van der Waals surface area contributed by atoms with Crippen LogP contribution in [0.4, 0.5) is 0 Å². The molecule has 0 atom stereocenters. The normalized spacial score (nSPS) is 10.9. The number of methoxy groups -OCH3 is 1. The van der Waals surface area contributed by atoms with E-state index >= 15 is 0 Å². The minimum Gasteiger partial charge on any atom is -0.497 e. The fourth-order valence-electron chi connectivity index (χ4n) is 2.65. The van der Waals surface area contributed by atoms with E-state index in [0.717, 1.165) is 34.1 Å². The van der Waals surface area contributed by atoms with E-state index in [2.05, 4.69) is 28.1 Å². The predicted molar refractivity (Wildman–Crippen MR) is 104 cm³/mol. The first kappa shape index (κ1) is 17.5. The van der Waals surface area contributed by atoms with Gasteiger partial charge < -0.3 is 9.47 Å². The van der Waals surface area contributed by atoms with E-state index in [1.54, 1.807) is 7.11 Å². The van der Waals surface area contributed by atoms with Gasteiger partial charge in [-0.1, -0.05) is 40.2 Å². The third-order valence-electron chi connectivity index (χ3n) is 3.72. The molecule has 3 rings (SSSR count). The molecule has 130 valence electrons. The molecule has 0 unspecified atom stereocenters. The molecule has 0 aliphatic carbocycles. The first-order chi connectivity index (χ1) is 12.1. The minimum atomic E-state index is 0.0904. The van der Waals surface area contributed by atoms with Gasteiger partial charge in [0.15, 0.2) is 0 Å². The topological polar surface area (TPSA) is 36.3 Å². The van der Waals surface area contributed by atoms with E-state index in [9.17, 15) is 0 Å². The highest BCUT2D eigenvalue weighted by molar-refractivity contribution is 9.08. The summed E-state index contributed by atoms with van der Waals surface area (Å²) in [5.41, 5.74) is 3.91. The smallest absolute Gasteiger partial charge is 0.145 e. The molecular formula is C20H21BrN2O2. The number of para-hydroxylation sites is 2. The van der Waals surface area contributed by atoms with Gasteiger partial charge in [0.25, 0.3) is 0 Å². The number of aromatic nitrogens is 2. The number of hydrogen-bond donors (Lipinski definition) is 0. The lowest BCUT2D eigenvalue weighted by atomic mass is 10.1. The van der Waals surface area contributed by atoms with Gasteiger partial charge in [-0.3, -0.25) is 0 Å². The van der Waals surface area contributed by atoms with Gasteiger partial charge in [-0.15, -0.1) is 0 Å². The summed E-state index contributed by atoms with van der Waals surface area (Å²) in [6.07, 6.45) is 0.0904. The molecule has 0 saturated heterocycles. The highest BCUT2D eigenvalue weighted by atomic mass is 79.9. The molecule has 2 aromatic carbocycles. The SMILES string of the molecule is COc1cccc(-c2cc(CBr)nn2-c2ccccc2OC(C)C)c1. The van der Waals surface area contributed by atoms with Crippen molar-refractivity contribution in [2.24, 2.45) is 0 Å². The zero-order valence-electron chi connectivity index (χ0n) is 14.6. The molecule has 3 aromatic rings. The van der Waals surface area contributed by atoms with Crippen LogP contribution in [0.25, 0.3) is 16.9 Å². The Hall–Kier alpha value is -2.27. The van der Waals surface area contributed by atoms with E-state index in [1.165, 1.54) is 0 Å². The van der Waals surface area contributed by atoms with E-state index in [1.807, 2.05) is 61.0 Å². The minimum absolute atomic E-state index is 0.0904. The Balaban J connectivity index is 2.16. The number of benzene rings is 2. The van der Waals surface area contributed by atoms with Crippen LogP contribution in [-0.4, -0.2) is 23.0 Å². The van der Waals surface area contributed by atoms with Crippen molar-refractivity contribution < 1.29 is 9.47 Å². The summed E-state index contributed by atoms with van der Waals surface area (Å²) in [4.78, 5) is 0. The molecule has 4 nitrogen and oxygen atoms in total. The largest absolute Gasteiger partial charge is 0.497 e. The maximum absolute atomic E-state index is 5.98. The number of alkyl halides is 1. The predicted octanol–water partition coefficient (Wildman–Crippen LogP) is 5.23. The van der Waals surface area contributed by atoms with Crippen LogP contribution in [0.2, 0.25) is 0 Å². The number of ether oxygens (including phenoxy) is 2. The Labute approximate surface area is 156 Å². The van der Waals surface area contributed by atoms with E-state index in [4.69, 9.17) is 14.6 Å². The maximum atomic E-state index is 5.98. The highest BCUT2D eigenvalue weighted by Gasteiger charge is 2.15. The molecule has 0 amide bonds. The molecule has 0 spiro atoms. The van der Waals surface area contributed by atoms with Crippen LogP contribution in [0.1, 0.15) is 19.5 Å². The number of halogens is 1. The van der Waals surface area contributed by atoms with Gasteiger partial charge in [-0.2, -0.15) is 5.10 Å².